The van der Waals surface area contributed by atoms with Crippen LogP contribution in [0, 0.1) is 6.92 Å². The van der Waals surface area contributed by atoms with Crippen LogP contribution in [-0.2, 0) is 4.74 Å². The predicted octanol–water partition coefficient (Wildman–Crippen LogP) is 4.83. The van der Waals surface area contributed by atoms with Crippen molar-refractivity contribution in [2.24, 2.45) is 0 Å². The quantitative estimate of drug-likeness (QED) is 0.449. The number of hydrogen-bond donors (Lipinski definition) is 1. The maximum absolute atomic E-state index is 11.3. The summed E-state index contributed by atoms with van der Waals surface area (Å²) in [6.07, 6.45) is 3.51. The van der Waals surface area contributed by atoms with Gasteiger partial charge in [-0.05, 0) is 56.0 Å². The molecule has 0 spiro atoms. The van der Waals surface area contributed by atoms with Crippen molar-refractivity contribution in [2.45, 2.75) is 37.9 Å². The number of aromatic nitrogens is 3. The van der Waals surface area contributed by atoms with Gasteiger partial charge in [0.2, 0.25) is 5.88 Å². The number of fused-ring (bicyclic) bond motifs is 2. The Morgan fingerprint density at radius 1 is 1.03 bits per heavy atom. The molecule has 0 radical (unpaired) electrons. The molecule has 4 aromatic rings. The fourth-order valence-electron chi connectivity index (χ4n) is 4.38. The molecule has 5 rings (SSSR count). The lowest BCUT2D eigenvalue weighted by atomic mass is 9.73. The van der Waals surface area contributed by atoms with Crippen molar-refractivity contribution in [3.63, 3.8) is 0 Å². The molecule has 0 amide bonds. The van der Waals surface area contributed by atoms with Crippen LogP contribution in [0.5, 0.6) is 11.6 Å². The Kier molecular flexibility index (Phi) is 5.23. The van der Waals surface area contributed by atoms with E-state index in [9.17, 15) is 5.11 Å². The second-order valence-corrected chi connectivity index (χ2v) is 9.23. The summed E-state index contributed by atoms with van der Waals surface area (Å²) in [6, 6.07) is 7.88. The first-order chi connectivity index (χ1) is 15.5. The van der Waals surface area contributed by atoms with E-state index in [-0.39, 0.29) is 0 Å². The van der Waals surface area contributed by atoms with Gasteiger partial charge in [0.15, 0.2) is 0 Å². The molecule has 32 heavy (non-hydrogen) atoms. The minimum Gasteiger partial charge on any atom is -0.497 e. The SMILES string of the molecule is COc1cc(C(O)C2(OC)CCC2)c2nc(-c3cc(C)cc4nc(OC)cnc34)sc2c1. The highest BCUT2D eigenvalue weighted by Crippen LogP contribution is 2.48. The fourth-order valence-corrected chi connectivity index (χ4v) is 5.42. The number of aryl methyl sites for hydroxylation is 1. The fraction of sp³-hybridized carbons (Fsp3) is 0.375. The number of nitrogens with zero attached hydrogens (tertiary/aromatic N) is 3. The number of rotatable bonds is 6. The Morgan fingerprint density at radius 3 is 2.50 bits per heavy atom. The van der Waals surface area contributed by atoms with Crippen molar-refractivity contribution in [3.8, 4) is 22.2 Å². The van der Waals surface area contributed by atoms with Gasteiger partial charge in [-0.2, -0.15) is 0 Å². The number of methoxy groups -OCH3 is 3. The Hall–Kier alpha value is -2.81. The Bertz CT molecular complexity index is 1310. The van der Waals surface area contributed by atoms with Gasteiger partial charge in [-0.1, -0.05) is 0 Å². The predicted molar refractivity (Wildman–Crippen MR) is 125 cm³/mol. The van der Waals surface area contributed by atoms with Crippen molar-refractivity contribution in [1.29, 1.82) is 0 Å². The lowest BCUT2D eigenvalue weighted by Gasteiger charge is -2.44. The maximum Gasteiger partial charge on any atom is 0.232 e. The minimum absolute atomic E-state index is 0.471. The molecule has 1 fully saturated rings. The number of ether oxygens (including phenoxy) is 3. The smallest absolute Gasteiger partial charge is 0.232 e. The molecule has 1 saturated carbocycles. The van der Waals surface area contributed by atoms with Gasteiger partial charge in [0.05, 0.1) is 47.3 Å². The molecule has 7 nitrogen and oxygen atoms in total. The van der Waals surface area contributed by atoms with E-state index in [1.54, 1.807) is 38.9 Å². The molecule has 0 bridgehead atoms. The molecule has 0 aliphatic heterocycles. The van der Waals surface area contributed by atoms with Crippen LogP contribution in [0.25, 0.3) is 31.8 Å². The molecule has 1 aliphatic rings. The van der Waals surface area contributed by atoms with Crippen LogP contribution in [-0.4, -0.2) is 47.0 Å². The summed E-state index contributed by atoms with van der Waals surface area (Å²) in [4.78, 5) is 14.1. The summed E-state index contributed by atoms with van der Waals surface area (Å²) in [7, 11) is 4.87. The molecule has 2 heterocycles. The Labute approximate surface area is 190 Å². The van der Waals surface area contributed by atoms with Crippen molar-refractivity contribution < 1.29 is 19.3 Å². The van der Waals surface area contributed by atoms with E-state index in [0.717, 1.165) is 62.2 Å². The number of thiazole rings is 1. The van der Waals surface area contributed by atoms with Crippen LogP contribution in [0.2, 0.25) is 0 Å². The summed E-state index contributed by atoms with van der Waals surface area (Å²) in [5.74, 6) is 1.16. The van der Waals surface area contributed by atoms with Crippen LogP contribution >= 0.6 is 11.3 Å². The molecule has 2 aromatic carbocycles. The van der Waals surface area contributed by atoms with E-state index in [1.165, 1.54) is 0 Å². The summed E-state index contributed by atoms with van der Waals surface area (Å²) in [5, 5.41) is 12.1. The van der Waals surface area contributed by atoms with E-state index in [2.05, 4.69) is 16.0 Å². The topological polar surface area (TPSA) is 86.6 Å². The standard InChI is InChI=1S/C24H25N3O4S/c1-13-8-16(20-17(9-13)26-19(30-3)12-25-20)23-27-21-15(10-14(29-2)11-18(21)32-23)22(28)24(31-4)6-5-7-24/h8-12,22,28H,5-7H2,1-4H3. The van der Waals surface area contributed by atoms with Crippen molar-refractivity contribution in [3.05, 3.63) is 41.6 Å². The van der Waals surface area contributed by atoms with Crippen molar-refractivity contribution in [2.75, 3.05) is 21.3 Å². The first-order valence-corrected chi connectivity index (χ1v) is 11.3. The zero-order valence-corrected chi connectivity index (χ0v) is 19.3. The number of aliphatic hydroxyl groups is 1. The molecule has 8 heteroatoms. The lowest BCUT2D eigenvalue weighted by molar-refractivity contribution is -0.151. The second kappa shape index (κ2) is 7.95. The van der Waals surface area contributed by atoms with Crippen molar-refractivity contribution >= 4 is 32.6 Å². The van der Waals surface area contributed by atoms with Gasteiger partial charge in [0, 0.05) is 18.2 Å². The summed E-state index contributed by atoms with van der Waals surface area (Å²) < 4.78 is 17.5. The third-order valence-corrected chi connectivity index (χ3v) is 7.38. The van der Waals surface area contributed by atoms with E-state index in [4.69, 9.17) is 19.2 Å². The highest BCUT2D eigenvalue weighted by atomic mass is 32.1. The highest BCUT2D eigenvalue weighted by molar-refractivity contribution is 7.21. The zero-order chi connectivity index (χ0) is 22.5. The van der Waals surface area contributed by atoms with Gasteiger partial charge in [0.1, 0.15) is 16.9 Å². The van der Waals surface area contributed by atoms with Gasteiger partial charge in [-0.15, -0.1) is 11.3 Å². The van der Waals surface area contributed by atoms with E-state index >= 15 is 0 Å². The van der Waals surface area contributed by atoms with Gasteiger partial charge < -0.3 is 19.3 Å². The summed E-state index contributed by atoms with van der Waals surface area (Å²) >= 11 is 1.55. The molecular weight excluding hydrogens is 426 g/mol. The third-order valence-electron chi connectivity index (χ3n) is 6.34. The van der Waals surface area contributed by atoms with Crippen LogP contribution in [0.1, 0.15) is 36.5 Å². The van der Waals surface area contributed by atoms with Crippen molar-refractivity contribution in [1.82, 2.24) is 15.0 Å². The molecule has 1 atom stereocenters. The van der Waals surface area contributed by atoms with Gasteiger partial charge in [-0.3, -0.25) is 0 Å². The van der Waals surface area contributed by atoms with E-state index < -0.39 is 11.7 Å². The summed E-state index contributed by atoms with van der Waals surface area (Å²) in [5.41, 5.74) is 4.40. The minimum atomic E-state index is -0.785. The van der Waals surface area contributed by atoms with Crippen LogP contribution in [0.3, 0.4) is 0 Å². The Morgan fingerprint density at radius 2 is 1.84 bits per heavy atom. The molecule has 2 aromatic heterocycles. The molecule has 1 aliphatic carbocycles. The molecule has 166 valence electrons. The van der Waals surface area contributed by atoms with E-state index in [1.807, 2.05) is 25.1 Å². The number of hydrogen-bond acceptors (Lipinski definition) is 8. The highest BCUT2D eigenvalue weighted by Gasteiger charge is 2.45. The normalized spacial score (nSPS) is 16.2. The molecule has 1 N–H and O–H groups in total. The van der Waals surface area contributed by atoms with Crippen LogP contribution in [0.4, 0.5) is 0 Å². The van der Waals surface area contributed by atoms with E-state index in [0.29, 0.717) is 11.6 Å². The second-order valence-electron chi connectivity index (χ2n) is 8.20. The molecular formula is C24H25N3O4S. The maximum atomic E-state index is 11.3. The lowest BCUT2D eigenvalue weighted by Crippen LogP contribution is -2.45. The Balaban J connectivity index is 1.70. The average Bonchev–Trinajstić information content (AvgIpc) is 3.20. The number of benzene rings is 2. The van der Waals surface area contributed by atoms with Gasteiger partial charge >= 0.3 is 0 Å². The van der Waals surface area contributed by atoms with Gasteiger partial charge in [0.25, 0.3) is 0 Å². The first-order valence-electron chi connectivity index (χ1n) is 10.5. The first kappa shape index (κ1) is 21.1. The monoisotopic (exact) mass is 451 g/mol. The average molecular weight is 452 g/mol. The summed E-state index contributed by atoms with van der Waals surface area (Å²) in [6.45, 7) is 2.02. The third kappa shape index (κ3) is 3.30. The van der Waals surface area contributed by atoms with Crippen LogP contribution < -0.4 is 9.47 Å². The van der Waals surface area contributed by atoms with Gasteiger partial charge in [-0.25, -0.2) is 15.0 Å². The molecule has 0 saturated heterocycles. The molecule has 1 unspecified atom stereocenters. The zero-order valence-electron chi connectivity index (χ0n) is 18.5. The largest absolute Gasteiger partial charge is 0.497 e. The number of aliphatic hydroxyl groups excluding tert-OH is 1. The van der Waals surface area contributed by atoms with Crippen LogP contribution in [0.15, 0.2) is 30.5 Å².